The Bertz CT molecular complexity index is 1030. The molecule has 1 aliphatic rings. The van der Waals surface area contributed by atoms with Crippen LogP contribution in [0.15, 0.2) is 42.6 Å². The van der Waals surface area contributed by atoms with E-state index in [1.54, 1.807) is 35.8 Å². The van der Waals surface area contributed by atoms with Gasteiger partial charge in [0.05, 0.1) is 11.2 Å². The van der Waals surface area contributed by atoms with Crippen molar-refractivity contribution in [3.8, 4) is 0 Å². The van der Waals surface area contributed by atoms with Crippen LogP contribution in [0.3, 0.4) is 0 Å². The van der Waals surface area contributed by atoms with Gasteiger partial charge >= 0.3 is 0 Å². The molecule has 7 nitrogen and oxygen atoms in total. The molecule has 0 bridgehead atoms. The molecular formula is C20H21N5O2. The van der Waals surface area contributed by atoms with Crippen LogP contribution in [0, 0.1) is 6.92 Å². The number of nitrogens with one attached hydrogen (secondary N) is 1. The van der Waals surface area contributed by atoms with Gasteiger partial charge in [0.25, 0.3) is 5.91 Å². The molecule has 3 aromatic rings. The van der Waals surface area contributed by atoms with Gasteiger partial charge in [-0.1, -0.05) is 6.07 Å². The van der Waals surface area contributed by atoms with Gasteiger partial charge in [-0.3, -0.25) is 19.3 Å². The highest BCUT2D eigenvalue weighted by atomic mass is 16.2. The summed E-state index contributed by atoms with van der Waals surface area (Å²) in [6.07, 6.45) is 2.33. The van der Waals surface area contributed by atoms with E-state index in [4.69, 9.17) is 0 Å². The predicted molar refractivity (Wildman–Crippen MR) is 102 cm³/mol. The first-order valence-corrected chi connectivity index (χ1v) is 8.88. The number of pyridine rings is 1. The van der Waals surface area contributed by atoms with Crippen LogP contribution < -0.4 is 5.32 Å². The molecule has 1 aromatic carbocycles. The number of aromatic nitrogens is 3. The molecule has 0 saturated carbocycles. The van der Waals surface area contributed by atoms with Crippen molar-refractivity contribution in [3.63, 3.8) is 0 Å². The zero-order valence-electron chi connectivity index (χ0n) is 15.6. The lowest BCUT2D eigenvalue weighted by atomic mass is 9.85. The van der Waals surface area contributed by atoms with Crippen molar-refractivity contribution in [2.45, 2.75) is 25.8 Å². The Morgan fingerprint density at radius 3 is 2.70 bits per heavy atom. The summed E-state index contributed by atoms with van der Waals surface area (Å²) in [4.78, 5) is 31.8. The summed E-state index contributed by atoms with van der Waals surface area (Å²) < 4.78 is 1.66. The van der Waals surface area contributed by atoms with E-state index in [0.717, 1.165) is 16.6 Å². The fraction of sp³-hybridized carbons (Fsp3) is 0.300. The number of rotatable bonds is 3. The van der Waals surface area contributed by atoms with Gasteiger partial charge in [0.1, 0.15) is 5.54 Å². The topological polar surface area (TPSA) is 80.1 Å². The number of carbonyl (C=O) groups is 2. The molecule has 3 heterocycles. The number of benzene rings is 1. The maximum atomic E-state index is 13.0. The zero-order valence-corrected chi connectivity index (χ0v) is 15.6. The Balaban J connectivity index is 1.58. The van der Waals surface area contributed by atoms with Crippen LogP contribution in [0.1, 0.15) is 29.5 Å². The van der Waals surface area contributed by atoms with Crippen LogP contribution in [0.25, 0.3) is 10.9 Å². The van der Waals surface area contributed by atoms with Gasteiger partial charge in [-0.25, -0.2) is 0 Å². The third kappa shape index (κ3) is 2.75. The minimum absolute atomic E-state index is 0.203. The highest BCUT2D eigenvalue weighted by Gasteiger charge is 2.50. The Kier molecular flexibility index (Phi) is 3.95. The number of amides is 2. The number of hydrogen-bond acceptors (Lipinski definition) is 4. The molecular weight excluding hydrogens is 342 g/mol. The van der Waals surface area contributed by atoms with Crippen LogP contribution in [0.2, 0.25) is 0 Å². The molecule has 1 atom stereocenters. The number of fused-ring (bicyclic) bond motifs is 1. The quantitative estimate of drug-likeness (QED) is 0.775. The normalized spacial score (nSPS) is 19.0. The van der Waals surface area contributed by atoms with Crippen molar-refractivity contribution < 1.29 is 9.59 Å². The lowest BCUT2D eigenvalue weighted by Gasteiger charge is -2.48. The summed E-state index contributed by atoms with van der Waals surface area (Å²) >= 11 is 0. The van der Waals surface area contributed by atoms with Gasteiger partial charge in [0.15, 0.2) is 5.69 Å². The summed E-state index contributed by atoms with van der Waals surface area (Å²) in [5.41, 5.74) is 1.87. The van der Waals surface area contributed by atoms with Gasteiger partial charge in [0.2, 0.25) is 5.91 Å². The molecule has 0 aliphatic carbocycles. The molecule has 1 N–H and O–H groups in total. The van der Waals surface area contributed by atoms with E-state index in [1.807, 2.05) is 37.3 Å². The molecule has 0 radical (unpaired) electrons. The van der Waals surface area contributed by atoms with Crippen molar-refractivity contribution in [3.05, 3.63) is 54.0 Å². The SMILES string of the molecule is Cc1cc(C(=O)N2CCC2(C)C(=O)Nc2cccc3ncccc23)nn1C. The first kappa shape index (κ1) is 17.2. The molecule has 7 heteroatoms. The molecule has 2 aromatic heterocycles. The van der Waals surface area contributed by atoms with Crippen molar-refractivity contribution in [1.29, 1.82) is 0 Å². The lowest BCUT2D eigenvalue weighted by molar-refractivity contribution is -0.132. The van der Waals surface area contributed by atoms with Crippen LogP contribution in [0.4, 0.5) is 5.69 Å². The molecule has 1 saturated heterocycles. The van der Waals surface area contributed by atoms with E-state index in [2.05, 4.69) is 15.4 Å². The third-order valence-electron chi connectivity index (χ3n) is 5.38. The van der Waals surface area contributed by atoms with Gasteiger partial charge in [-0.2, -0.15) is 5.10 Å². The number of hydrogen-bond donors (Lipinski definition) is 1. The number of aryl methyl sites for hydroxylation is 2. The van der Waals surface area contributed by atoms with Crippen LogP contribution in [-0.2, 0) is 11.8 Å². The smallest absolute Gasteiger partial charge is 0.275 e. The second kappa shape index (κ2) is 6.19. The van der Waals surface area contributed by atoms with Crippen LogP contribution in [-0.4, -0.2) is 43.6 Å². The maximum Gasteiger partial charge on any atom is 0.275 e. The summed E-state index contributed by atoms with van der Waals surface area (Å²) in [6, 6.07) is 11.1. The second-order valence-corrected chi connectivity index (χ2v) is 7.10. The Morgan fingerprint density at radius 1 is 1.22 bits per heavy atom. The first-order valence-electron chi connectivity index (χ1n) is 8.88. The van der Waals surface area contributed by atoms with E-state index in [1.165, 1.54) is 0 Å². The van der Waals surface area contributed by atoms with Crippen molar-refractivity contribution in [2.24, 2.45) is 7.05 Å². The minimum atomic E-state index is -0.896. The summed E-state index contributed by atoms with van der Waals surface area (Å²) in [5.74, 6) is -0.423. The maximum absolute atomic E-state index is 13.0. The number of carbonyl (C=O) groups excluding carboxylic acids is 2. The number of likely N-dealkylation sites (tertiary alicyclic amines) is 1. The Morgan fingerprint density at radius 2 is 2.04 bits per heavy atom. The Labute approximate surface area is 157 Å². The average Bonchev–Trinajstić information content (AvgIpc) is 2.99. The number of anilines is 1. The molecule has 27 heavy (non-hydrogen) atoms. The molecule has 4 rings (SSSR count). The highest BCUT2D eigenvalue weighted by Crippen LogP contribution is 2.34. The monoisotopic (exact) mass is 363 g/mol. The second-order valence-electron chi connectivity index (χ2n) is 7.10. The molecule has 138 valence electrons. The van der Waals surface area contributed by atoms with Gasteiger partial charge < -0.3 is 10.2 Å². The first-order chi connectivity index (χ1) is 12.9. The molecule has 1 aliphatic heterocycles. The van der Waals surface area contributed by atoms with E-state index in [9.17, 15) is 9.59 Å². The molecule has 0 spiro atoms. The zero-order chi connectivity index (χ0) is 19.2. The van der Waals surface area contributed by atoms with Crippen LogP contribution >= 0.6 is 0 Å². The fourth-order valence-corrected chi connectivity index (χ4v) is 3.39. The van der Waals surface area contributed by atoms with Crippen LogP contribution in [0.5, 0.6) is 0 Å². The third-order valence-corrected chi connectivity index (χ3v) is 5.38. The van der Waals surface area contributed by atoms with Crippen molar-refractivity contribution in [1.82, 2.24) is 19.7 Å². The fourth-order valence-electron chi connectivity index (χ4n) is 3.39. The van der Waals surface area contributed by atoms with E-state index >= 15 is 0 Å². The largest absolute Gasteiger partial charge is 0.323 e. The molecule has 1 unspecified atom stereocenters. The molecule has 2 amide bonds. The van der Waals surface area contributed by atoms with E-state index < -0.39 is 5.54 Å². The van der Waals surface area contributed by atoms with Crippen molar-refractivity contribution in [2.75, 3.05) is 11.9 Å². The average molecular weight is 363 g/mol. The highest BCUT2D eigenvalue weighted by molar-refractivity contribution is 6.07. The summed E-state index contributed by atoms with van der Waals surface area (Å²) in [6.45, 7) is 4.22. The lowest BCUT2D eigenvalue weighted by Crippen LogP contribution is -2.66. The Hall–Kier alpha value is -3.22. The van der Waals surface area contributed by atoms with E-state index in [-0.39, 0.29) is 11.8 Å². The summed E-state index contributed by atoms with van der Waals surface area (Å²) in [5, 5.41) is 8.10. The summed E-state index contributed by atoms with van der Waals surface area (Å²) in [7, 11) is 1.79. The van der Waals surface area contributed by atoms with Crippen molar-refractivity contribution >= 4 is 28.4 Å². The molecule has 1 fully saturated rings. The standard InChI is InChI=1S/C20H21N5O2/c1-13-12-17(23-24(13)3)18(26)25-11-9-20(25,2)19(27)22-16-8-4-7-15-14(16)6-5-10-21-15/h4-8,10,12H,9,11H2,1-3H3,(H,22,27). The number of nitrogens with zero attached hydrogens (tertiary/aromatic N) is 4. The van der Waals surface area contributed by atoms with Gasteiger partial charge in [-0.05, 0) is 50.6 Å². The predicted octanol–water partition coefficient (Wildman–Crippen LogP) is 2.52. The van der Waals surface area contributed by atoms with Gasteiger partial charge in [0, 0.05) is 30.9 Å². The minimum Gasteiger partial charge on any atom is -0.323 e. The van der Waals surface area contributed by atoms with E-state index in [0.29, 0.717) is 24.3 Å². The van der Waals surface area contributed by atoms with Gasteiger partial charge in [-0.15, -0.1) is 0 Å².